The minimum atomic E-state index is -0.227. The fraction of sp³-hybridized carbons (Fsp3) is 0.412. The largest absolute Gasteiger partial charge is 0.345 e. The molecule has 0 bridgehead atoms. The zero-order valence-electron chi connectivity index (χ0n) is 15.4. The van der Waals surface area contributed by atoms with Crippen LogP contribution in [0.1, 0.15) is 16.2 Å². The van der Waals surface area contributed by atoms with Crippen molar-refractivity contribution < 1.29 is 4.79 Å². The third kappa shape index (κ3) is 5.72. The average Bonchev–Trinajstić information content (AvgIpc) is 3.29. The van der Waals surface area contributed by atoms with E-state index in [2.05, 4.69) is 44.8 Å². The number of nitrogens with one attached hydrogen (secondary N) is 2. The van der Waals surface area contributed by atoms with Gasteiger partial charge in [-0.05, 0) is 20.2 Å². The van der Waals surface area contributed by atoms with E-state index in [4.69, 9.17) is 0 Å². The number of carbonyl (C=O) groups is 1. The molecule has 0 unspecified atom stereocenters. The van der Waals surface area contributed by atoms with Gasteiger partial charge in [0.2, 0.25) is 0 Å². The molecule has 0 aliphatic rings. The number of fused-ring (bicyclic) bond motifs is 1. The molecule has 8 nitrogen and oxygen atoms in total. The van der Waals surface area contributed by atoms with Crippen molar-refractivity contribution in [2.45, 2.75) is 13.1 Å². The Hall–Kier alpha value is -2.04. The molecule has 2 aromatic heterocycles. The maximum atomic E-state index is 12.4. The Morgan fingerprint density at radius 1 is 1.26 bits per heavy atom. The molecule has 0 fully saturated rings. The molecule has 1 aromatic carbocycles. The van der Waals surface area contributed by atoms with E-state index in [0.29, 0.717) is 12.2 Å². The molecule has 0 atom stereocenters. The summed E-state index contributed by atoms with van der Waals surface area (Å²) >= 11 is 0. The van der Waals surface area contributed by atoms with E-state index in [1.165, 1.54) is 0 Å². The van der Waals surface area contributed by atoms with Gasteiger partial charge in [0.25, 0.3) is 5.91 Å². The van der Waals surface area contributed by atoms with Crippen LogP contribution in [0.4, 0.5) is 0 Å². The molecule has 0 aliphatic carbocycles. The molecule has 0 saturated heterocycles. The maximum absolute atomic E-state index is 12.4. The molecule has 3 rings (SSSR count). The lowest BCUT2D eigenvalue weighted by Crippen LogP contribution is -2.23. The second-order valence-electron chi connectivity index (χ2n) is 6.22. The second-order valence-corrected chi connectivity index (χ2v) is 8.92. The van der Waals surface area contributed by atoms with E-state index in [1.54, 1.807) is 0 Å². The molecule has 0 spiro atoms. The number of amides is 1. The minimum Gasteiger partial charge on any atom is -0.345 e. The highest BCUT2D eigenvalue weighted by Gasteiger charge is 2.14. The standard InChI is InChI=1S/C17H23N7OS2/c1-23(2)7-9-26-27-10-8-24-12-13(19-22-24)11-18-17(25)16-14-5-3-4-6-15(14)20-21-16/h3-6,12H,7-11H2,1-2H3,(H,18,25)(H,20,21). The van der Waals surface area contributed by atoms with Gasteiger partial charge >= 0.3 is 0 Å². The number of hydrogen-bond acceptors (Lipinski definition) is 7. The maximum Gasteiger partial charge on any atom is 0.272 e. The first-order valence-electron chi connectivity index (χ1n) is 8.63. The molecule has 144 valence electrons. The Balaban J connectivity index is 1.42. The number of hydrogen-bond donors (Lipinski definition) is 2. The summed E-state index contributed by atoms with van der Waals surface area (Å²) in [6.07, 6.45) is 1.87. The van der Waals surface area contributed by atoms with Crippen LogP contribution in [-0.4, -0.2) is 68.1 Å². The van der Waals surface area contributed by atoms with Crippen molar-refractivity contribution in [1.82, 2.24) is 35.4 Å². The number of aromatic nitrogens is 5. The van der Waals surface area contributed by atoms with Crippen LogP contribution in [-0.2, 0) is 13.1 Å². The van der Waals surface area contributed by atoms with E-state index < -0.39 is 0 Å². The highest BCUT2D eigenvalue weighted by Crippen LogP contribution is 2.20. The Kier molecular flexibility index (Phi) is 7.13. The van der Waals surface area contributed by atoms with Crippen LogP contribution in [0, 0.1) is 0 Å². The molecule has 2 heterocycles. The summed E-state index contributed by atoms with van der Waals surface area (Å²) in [6.45, 7) is 2.20. The summed E-state index contributed by atoms with van der Waals surface area (Å²) in [5, 5.41) is 18.9. The van der Waals surface area contributed by atoms with Gasteiger partial charge in [-0.15, -0.1) is 5.10 Å². The van der Waals surface area contributed by atoms with Crippen LogP contribution < -0.4 is 5.32 Å². The van der Waals surface area contributed by atoms with Gasteiger partial charge in [0.15, 0.2) is 5.69 Å². The molecular formula is C17H23N7OS2. The van der Waals surface area contributed by atoms with E-state index in [1.807, 2.05) is 56.7 Å². The Bertz CT molecular complexity index is 877. The topological polar surface area (TPSA) is 91.7 Å². The number of H-pyrrole nitrogens is 1. The zero-order valence-corrected chi connectivity index (χ0v) is 17.0. The van der Waals surface area contributed by atoms with Gasteiger partial charge in [0.1, 0.15) is 5.69 Å². The molecule has 2 N–H and O–H groups in total. The van der Waals surface area contributed by atoms with Gasteiger partial charge in [-0.25, -0.2) is 0 Å². The minimum absolute atomic E-state index is 0.227. The molecule has 1 amide bonds. The van der Waals surface area contributed by atoms with Crippen molar-refractivity contribution >= 4 is 38.4 Å². The van der Waals surface area contributed by atoms with Gasteiger partial charge in [0.05, 0.1) is 24.8 Å². The molecular weight excluding hydrogens is 382 g/mol. The van der Waals surface area contributed by atoms with Gasteiger partial charge in [-0.2, -0.15) is 5.10 Å². The second kappa shape index (κ2) is 9.77. The normalized spacial score (nSPS) is 11.4. The number of para-hydroxylation sites is 1. The summed E-state index contributed by atoms with van der Waals surface area (Å²) < 4.78 is 1.81. The van der Waals surface area contributed by atoms with E-state index in [9.17, 15) is 4.79 Å². The molecule has 3 aromatic rings. The smallest absolute Gasteiger partial charge is 0.272 e. The van der Waals surface area contributed by atoms with Crippen molar-refractivity contribution in [1.29, 1.82) is 0 Å². The fourth-order valence-corrected chi connectivity index (χ4v) is 4.48. The van der Waals surface area contributed by atoms with Gasteiger partial charge in [0, 0.05) is 23.4 Å². The van der Waals surface area contributed by atoms with Gasteiger partial charge < -0.3 is 10.2 Å². The van der Waals surface area contributed by atoms with Crippen LogP contribution in [0.2, 0.25) is 0 Å². The van der Waals surface area contributed by atoms with Crippen LogP contribution >= 0.6 is 21.6 Å². The molecule has 10 heteroatoms. The first kappa shape index (κ1) is 19.7. The van der Waals surface area contributed by atoms with Gasteiger partial charge in [-0.3, -0.25) is 14.6 Å². The third-order valence-corrected chi connectivity index (χ3v) is 6.18. The van der Waals surface area contributed by atoms with Crippen molar-refractivity contribution in [2.75, 3.05) is 32.1 Å². The lowest BCUT2D eigenvalue weighted by atomic mass is 10.2. The fourth-order valence-electron chi connectivity index (χ4n) is 2.39. The van der Waals surface area contributed by atoms with Crippen molar-refractivity contribution in [3.8, 4) is 0 Å². The number of benzene rings is 1. The number of carbonyl (C=O) groups excluding carboxylic acids is 1. The van der Waals surface area contributed by atoms with Crippen molar-refractivity contribution in [3.05, 3.63) is 41.9 Å². The Morgan fingerprint density at radius 2 is 2.07 bits per heavy atom. The summed E-state index contributed by atoms with van der Waals surface area (Å²) in [4.78, 5) is 14.5. The van der Waals surface area contributed by atoms with Crippen LogP contribution in [0.15, 0.2) is 30.5 Å². The lowest BCUT2D eigenvalue weighted by molar-refractivity contribution is 0.0947. The van der Waals surface area contributed by atoms with E-state index in [-0.39, 0.29) is 5.91 Å². The monoisotopic (exact) mass is 405 g/mol. The quantitative estimate of drug-likeness (QED) is 0.394. The molecule has 27 heavy (non-hydrogen) atoms. The molecule has 0 radical (unpaired) electrons. The lowest BCUT2D eigenvalue weighted by Gasteiger charge is -2.07. The van der Waals surface area contributed by atoms with Crippen LogP contribution in [0.5, 0.6) is 0 Å². The first-order chi connectivity index (χ1) is 13.1. The average molecular weight is 406 g/mol. The summed E-state index contributed by atoms with van der Waals surface area (Å²) in [6, 6.07) is 7.55. The first-order valence-corrected chi connectivity index (χ1v) is 11.1. The number of aromatic amines is 1. The Morgan fingerprint density at radius 3 is 2.93 bits per heavy atom. The number of rotatable bonds is 10. The molecule has 0 aliphatic heterocycles. The van der Waals surface area contributed by atoms with Gasteiger partial charge in [-0.1, -0.05) is 45.0 Å². The zero-order chi connectivity index (χ0) is 19.1. The number of nitrogens with zero attached hydrogens (tertiary/aromatic N) is 5. The predicted molar refractivity (Wildman–Crippen MR) is 111 cm³/mol. The van der Waals surface area contributed by atoms with E-state index in [0.717, 1.165) is 41.2 Å². The van der Waals surface area contributed by atoms with Crippen LogP contribution in [0.25, 0.3) is 10.9 Å². The van der Waals surface area contributed by atoms with Crippen molar-refractivity contribution in [3.63, 3.8) is 0 Å². The van der Waals surface area contributed by atoms with Crippen LogP contribution in [0.3, 0.4) is 0 Å². The SMILES string of the molecule is CN(C)CCSSCCn1cc(CNC(=O)c2n[nH]c3ccccc23)nn1. The summed E-state index contributed by atoms with van der Waals surface area (Å²) in [7, 11) is 7.86. The van der Waals surface area contributed by atoms with Crippen molar-refractivity contribution in [2.24, 2.45) is 0 Å². The predicted octanol–water partition coefficient (Wildman–Crippen LogP) is 2.03. The third-order valence-electron chi connectivity index (χ3n) is 3.81. The summed E-state index contributed by atoms with van der Waals surface area (Å²) in [5.41, 5.74) is 1.96. The highest BCUT2D eigenvalue weighted by atomic mass is 33.1. The molecule has 0 saturated carbocycles. The highest BCUT2D eigenvalue weighted by molar-refractivity contribution is 8.76. The summed E-state index contributed by atoms with van der Waals surface area (Å²) in [5.74, 6) is 1.84. The Labute approximate surface area is 165 Å². The number of aryl methyl sites for hydroxylation is 1. The van der Waals surface area contributed by atoms with E-state index >= 15 is 0 Å².